The van der Waals surface area contributed by atoms with Crippen LogP contribution in [0.5, 0.6) is 5.75 Å². The molecule has 0 saturated carbocycles. The molecule has 5 nitrogen and oxygen atoms in total. The van der Waals surface area contributed by atoms with Crippen LogP contribution in [0, 0.1) is 0 Å². The van der Waals surface area contributed by atoms with Crippen LogP contribution in [0.15, 0.2) is 72.8 Å². The highest BCUT2D eigenvalue weighted by atomic mass is 35.5. The van der Waals surface area contributed by atoms with Gasteiger partial charge in [0.05, 0.1) is 11.0 Å². The van der Waals surface area contributed by atoms with E-state index in [-0.39, 0.29) is 12.5 Å². The highest BCUT2D eigenvalue weighted by Crippen LogP contribution is 2.17. The van der Waals surface area contributed by atoms with Crippen LogP contribution in [0.4, 0.5) is 5.69 Å². The molecular formula is C23H20ClN3O2. The summed E-state index contributed by atoms with van der Waals surface area (Å²) in [6.45, 7) is -0.0646. The number of aryl methyl sites for hydroxylation is 2. The van der Waals surface area contributed by atoms with Crippen molar-refractivity contribution < 1.29 is 9.53 Å². The van der Waals surface area contributed by atoms with Gasteiger partial charge in [-0.25, -0.2) is 4.98 Å². The number of ether oxygens (including phenoxy) is 1. The maximum atomic E-state index is 12.2. The second-order valence-corrected chi connectivity index (χ2v) is 7.13. The van der Waals surface area contributed by atoms with Crippen LogP contribution in [0.2, 0.25) is 5.02 Å². The third-order valence-corrected chi connectivity index (χ3v) is 4.74. The molecule has 0 fully saturated rings. The lowest BCUT2D eigenvalue weighted by Gasteiger charge is -2.09. The lowest BCUT2D eigenvalue weighted by molar-refractivity contribution is -0.118. The van der Waals surface area contributed by atoms with Gasteiger partial charge in [-0.15, -0.1) is 0 Å². The number of halogens is 1. The molecule has 4 rings (SSSR count). The van der Waals surface area contributed by atoms with E-state index in [1.54, 1.807) is 24.3 Å². The van der Waals surface area contributed by atoms with Crippen molar-refractivity contribution in [3.05, 3.63) is 89.2 Å². The van der Waals surface area contributed by atoms with Gasteiger partial charge in [0.1, 0.15) is 11.6 Å². The first kappa shape index (κ1) is 19.0. The molecule has 0 aliphatic carbocycles. The van der Waals surface area contributed by atoms with Crippen LogP contribution in [0.3, 0.4) is 0 Å². The molecule has 4 aromatic rings. The number of fused-ring (bicyclic) bond motifs is 1. The van der Waals surface area contributed by atoms with Gasteiger partial charge in [-0.3, -0.25) is 4.79 Å². The van der Waals surface area contributed by atoms with Crippen LogP contribution in [-0.4, -0.2) is 22.5 Å². The molecule has 0 saturated heterocycles. The van der Waals surface area contributed by atoms with Gasteiger partial charge in [0.15, 0.2) is 6.61 Å². The van der Waals surface area contributed by atoms with E-state index >= 15 is 0 Å². The summed E-state index contributed by atoms with van der Waals surface area (Å²) in [6, 6.07) is 22.7. The summed E-state index contributed by atoms with van der Waals surface area (Å²) in [5, 5.41) is 3.50. The molecule has 2 N–H and O–H groups in total. The number of rotatable bonds is 7. The normalized spacial score (nSPS) is 10.8. The predicted octanol–water partition coefficient (Wildman–Crippen LogP) is 5.02. The minimum absolute atomic E-state index is 0.0646. The zero-order valence-corrected chi connectivity index (χ0v) is 16.4. The fourth-order valence-electron chi connectivity index (χ4n) is 3.07. The molecule has 1 amide bonds. The first-order valence-electron chi connectivity index (χ1n) is 9.36. The number of nitrogens with one attached hydrogen (secondary N) is 2. The Morgan fingerprint density at radius 3 is 2.66 bits per heavy atom. The maximum Gasteiger partial charge on any atom is 0.262 e. The van der Waals surface area contributed by atoms with Crippen molar-refractivity contribution in [3.8, 4) is 5.75 Å². The third-order valence-electron chi connectivity index (χ3n) is 4.48. The van der Waals surface area contributed by atoms with Crippen molar-refractivity contribution in [2.45, 2.75) is 12.8 Å². The Kier molecular flexibility index (Phi) is 5.77. The number of amides is 1. The second-order valence-electron chi connectivity index (χ2n) is 6.69. The van der Waals surface area contributed by atoms with Crippen LogP contribution in [-0.2, 0) is 17.6 Å². The van der Waals surface area contributed by atoms with Gasteiger partial charge in [0.25, 0.3) is 5.91 Å². The number of anilines is 1. The Bertz CT molecular complexity index is 1090. The van der Waals surface area contributed by atoms with Crippen molar-refractivity contribution in [1.82, 2.24) is 9.97 Å². The summed E-state index contributed by atoms with van der Waals surface area (Å²) in [5.74, 6) is 1.34. The van der Waals surface area contributed by atoms with Gasteiger partial charge in [0.2, 0.25) is 0 Å². The number of carbonyl (C=O) groups is 1. The first-order chi connectivity index (χ1) is 14.2. The molecular weight excluding hydrogens is 386 g/mol. The molecule has 0 spiro atoms. The number of aromatic nitrogens is 2. The summed E-state index contributed by atoms with van der Waals surface area (Å²) in [6.07, 6.45) is 1.62. The van der Waals surface area contributed by atoms with Gasteiger partial charge in [0, 0.05) is 17.1 Å². The first-order valence-corrected chi connectivity index (χ1v) is 9.74. The predicted molar refractivity (Wildman–Crippen MR) is 116 cm³/mol. The van der Waals surface area contributed by atoms with Gasteiger partial charge >= 0.3 is 0 Å². The Hall–Kier alpha value is -3.31. The summed E-state index contributed by atoms with van der Waals surface area (Å²) in [7, 11) is 0. The molecule has 3 aromatic carbocycles. The van der Waals surface area contributed by atoms with Crippen molar-refractivity contribution in [1.29, 1.82) is 0 Å². The second kappa shape index (κ2) is 8.80. The van der Waals surface area contributed by atoms with Gasteiger partial charge < -0.3 is 15.0 Å². The molecule has 0 aliphatic rings. The molecule has 0 aliphatic heterocycles. The van der Waals surface area contributed by atoms with Gasteiger partial charge in [-0.2, -0.15) is 0 Å². The van der Waals surface area contributed by atoms with E-state index in [1.165, 1.54) is 0 Å². The van der Waals surface area contributed by atoms with Crippen LogP contribution < -0.4 is 10.1 Å². The standard InChI is InChI=1S/C23H20ClN3O2/c24-17-9-11-19(12-10-17)29-15-23(28)25-18-5-3-4-16(14-18)8-13-22-26-20-6-1-2-7-21(20)27-22/h1-7,9-12,14H,8,13,15H2,(H,25,28)(H,26,27). The SMILES string of the molecule is O=C(COc1ccc(Cl)cc1)Nc1cccc(CCc2nc3ccccc3[nH]2)c1. The highest BCUT2D eigenvalue weighted by Gasteiger charge is 2.06. The van der Waals surface area contributed by atoms with E-state index in [4.69, 9.17) is 16.3 Å². The molecule has 146 valence electrons. The molecule has 0 unspecified atom stereocenters. The number of H-pyrrole nitrogens is 1. The minimum atomic E-state index is -0.214. The average molecular weight is 406 g/mol. The maximum absolute atomic E-state index is 12.2. The Morgan fingerprint density at radius 1 is 1.00 bits per heavy atom. The lowest BCUT2D eigenvalue weighted by Crippen LogP contribution is -2.20. The molecule has 29 heavy (non-hydrogen) atoms. The topological polar surface area (TPSA) is 67.0 Å². The third kappa shape index (κ3) is 5.15. The monoisotopic (exact) mass is 405 g/mol. The van der Waals surface area contributed by atoms with Crippen molar-refractivity contribution in [2.75, 3.05) is 11.9 Å². The van der Waals surface area contributed by atoms with Crippen LogP contribution >= 0.6 is 11.6 Å². The van der Waals surface area contributed by atoms with E-state index < -0.39 is 0 Å². The molecule has 0 atom stereocenters. The molecule has 0 radical (unpaired) electrons. The van der Waals surface area contributed by atoms with E-state index in [0.29, 0.717) is 10.8 Å². The van der Waals surface area contributed by atoms with E-state index in [9.17, 15) is 4.79 Å². The summed E-state index contributed by atoms with van der Waals surface area (Å²) >= 11 is 5.84. The number of hydrogen-bond acceptors (Lipinski definition) is 3. The smallest absolute Gasteiger partial charge is 0.262 e. The molecule has 0 bridgehead atoms. The van der Waals surface area contributed by atoms with E-state index in [0.717, 1.165) is 41.0 Å². The Morgan fingerprint density at radius 2 is 1.83 bits per heavy atom. The van der Waals surface area contributed by atoms with Crippen LogP contribution in [0.25, 0.3) is 11.0 Å². The average Bonchev–Trinajstić information content (AvgIpc) is 3.15. The summed E-state index contributed by atoms with van der Waals surface area (Å²) < 4.78 is 5.48. The van der Waals surface area contributed by atoms with Crippen molar-refractivity contribution in [2.24, 2.45) is 0 Å². The highest BCUT2D eigenvalue weighted by molar-refractivity contribution is 6.30. The largest absolute Gasteiger partial charge is 0.484 e. The Labute approximate surface area is 173 Å². The number of hydrogen-bond donors (Lipinski definition) is 2. The molecule has 1 heterocycles. The van der Waals surface area contributed by atoms with Gasteiger partial charge in [-0.1, -0.05) is 35.9 Å². The number of carbonyl (C=O) groups excluding carboxylic acids is 1. The summed E-state index contributed by atoms with van der Waals surface area (Å²) in [5.41, 5.74) is 3.90. The van der Waals surface area contributed by atoms with E-state index in [1.807, 2.05) is 48.5 Å². The van der Waals surface area contributed by atoms with Gasteiger partial charge in [-0.05, 0) is 60.5 Å². The number of imidazole rings is 1. The number of para-hydroxylation sites is 2. The van der Waals surface area contributed by atoms with Crippen molar-refractivity contribution in [3.63, 3.8) is 0 Å². The number of benzene rings is 3. The molecule has 1 aromatic heterocycles. The number of nitrogens with zero attached hydrogens (tertiary/aromatic N) is 1. The zero-order valence-electron chi connectivity index (χ0n) is 15.7. The van der Waals surface area contributed by atoms with E-state index in [2.05, 4.69) is 15.3 Å². The van der Waals surface area contributed by atoms with Crippen molar-refractivity contribution >= 4 is 34.2 Å². The molecule has 6 heteroatoms. The van der Waals surface area contributed by atoms with Crippen LogP contribution in [0.1, 0.15) is 11.4 Å². The lowest BCUT2D eigenvalue weighted by atomic mass is 10.1. The number of aromatic amines is 1. The fraction of sp³-hybridized carbons (Fsp3) is 0.130. The minimum Gasteiger partial charge on any atom is -0.484 e. The quantitative estimate of drug-likeness (QED) is 0.453. The Balaban J connectivity index is 1.31. The zero-order chi connectivity index (χ0) is 20.1. The fourth-order valence-corrected chi connectivity index (χ4v) is 3.19. The summed E-state index contributed by atoms with van der Waals surface area (Å²) in [4.78, 5) is 20.1.